The quantitative estimate of drug-likeness (QED) is 0.850. The Hall–Kier alpha value is -1.67. The third-order valence-corrected chi connectivity index (χ3v) is 3.94. The molecule has 1 saturated carbocycles. The van der Waals surface area contributed by atoms with Crippen LogP contribution in [-0.2, 0) is 6.54 Å². The van der Waals surface area contributed by atoms with E-state index in [1.54, 1.807) is 7.11 Å². The molecule has 104 valence electrons. The summed E-state index contributed by atoms with van der Waals surface area (Å²) in [4.78, 5) is 0. The first-order valence-corrected chi connectivity index (χ1v) is 7.31. The second kappa shape index (κ2) is 5.76. The van der Waals surface area contributed by atoms with E-state index in [9.17, 15) is 0 Å². The first-order chi connectivity index (χ1) is 9.78. The average molecular weight is 288 g/mol. The van der Waals surface area contributed by atoms with Gasteiger partial charge in [-0.25, -0.2) is 0 Å². The molecule has 1 aliphatic carbocycles. The summed E-state index contributed by atoms with van der Waals surface area (Å²) in [5, 5.41) is 4.15. The van der Waals surface area contributed by atoms with Crippen molar-refractivity contribution < 1.29 is 4.74 Å². The van der Waals surface area contributed by atoms with Gasteiger partial charge in [-0.3, -0.25) is 0 Å². The molecular formula is C17H18ClNO. The Bertz CT molecular complexity index is 608. The SMILES string of the molecule is COc1ccc(Cl)cc1NCc1ccccc1C1CC1. The van der Waals surface area contributed by atoms with Gasteiger partial charge >= 0.3 is 0 Å². The van der Waals surface area contributed by atoms with E-state index in [2.05, 4.69) is 29.6 Å². The second-order valence-electron chi connectivity index (χ2n) is 5.17. The number of halogens is 1. The van der Waals surface area contributed by atoms with Crippen LogP contribution < -0.4 is 10.1 Å². The van der Waals surface area contributed by atoms with Crippen molar-refractivity contribution in [2.24, 2.45) is 0 Å². The lowest BCUT2D eigenvalue weighted by Crippen LogP contribution is -2.03. The topological polar surface area (TPSA) is 21.3 Å². The van der Waals surface area contributed by atoms with Gasteiger partial charge in [-0.2, -0.15) is 0 Å². The van der Waals surface area contributed by atoms with Crippen molar-refractivity contribution in [3.63, 3.8) is 0 Å². The number of benzene rings is 2. The van der Waals surface area contributed by atoms with E-state index < -0.39 is 0 Å². The zero-order chi connectivity index (χ0) is 13.9. The standard InChI is InChI=1S/C17H18ClNO/c1-20-17-9-8-14(18)10-16(17)19-11-13-4-2-3-5-15(13)12-6-7-12/h2-5,8-10,12,19H,6-7,11H2,1H3. The van der Waals surface area contributed by atoms with Crippen LogP contribution >= 0.6 is 11.6 Å². The highest BCUT2D eigenvalue weighted by Crippen LogP contribution is 2.41. The molecule has 3 heteroatoms. The van der Waals surface area contributed by atoms with Gasteiger partial charge in [-0.05, 0) is 48.1 Å². The Labute approximate surface area is 124 Å². The summed E-state index contributed by atoms with van der Waals surface area (Å²) in [7, 11) is 1.67. The molecule has 0 aliphatic heterocycles. The molecule has 0 spiro atoms. The van der Waals surface area contributed by atoms with Crippen molar-refractivity contribution in [1.82, 2.24) is 0 Å². The molecule has 0 radical (unpaired) electrons. The molecule has 0 aromatic heterocycles. The van der Waals surface area contributed by atoms with Crippen LogP contribution in [0.3, 0.4) is 0 Å². The largest absolute Gasteiger partial charge is 0.495 e. The molecule has 0 amide bonds. The van der Waals surface area contributed by atoms with Crippen LogP contribution in [0.1, 0.15) is 29.9 Å². The fourth-order valence-electron chi connectivity index (χ4n) is 2.50. The lowest BCUT2D eigenvalue weighted by molar-refractivity contribution is 0.416. The number of hydrogen-bond acceptors (Lipinski definition) is 2. The third-order valence-electron chi connectivity index (χ3n) is 3.70. The highest BCUT2D eigenvalue weighted by Gasteiger charge is 2.25. The number of anilines is 1. The van der Waals surface area contributed by atoms with Crippen LogP contribution in [0.15, 0.2) is 42.5 Å². The van der Waals surface area contributed by atoms with E-state index in [0.29, 0.717) is 5.02 Å². The number of rotatable bonds is 5. The van der Waals surface area contributed by atoms with Gasteiger partial charge in [0.1, 0.15) is 5.75 Å². The van der Waals surface area contributed by atoms with Crippen molar-refractivity contribution in [3.8, 4) is 5.75 Å². The van der Waals surface area contributed by atoms with Crippen molar-refractivity contribution >= 4 is 17.3 Å². The normalized spacial score (nSPS) is 14.1. The van der Waals surface area contributed by atoms with Crippen molar-refractivity contribution in [2.75, 3.05) is 12.4 Å². The predicted octanol–water partition coefficient (Wildman–Crippen LogP) is 4.84. The fraction of sp³-hybridized carbons (Fsp3) is 0.294. The van der Waals surface area contributed by atoms with Crippen LogP contribution in [0.5, 0.6) is 5.75 Å². The van der Waals surface area contributed by atoms with Crippen molar-refractivity contribution in [1.29, 1.82) is 0 Å². The van der Waals surface area contributed by atoms with Crippen LogP contribution in [0.25, 0.3) is 0 Å². The molecule has 2 aromatic rings. The monoisotopic (exact) mass is 287 g/mol. The maximum atomic E-state index is 6.05. The molecule has 0 heterocycles. The minimum Gasteiger partial charge on any atom is -0.495 e. The minimum absolute atomic E-state index is 0.712. The first kappa shape index (κ1) is 13.3. The Morgan fingerprint density at radius 1 is 1.20 bits per heavy atom. The van der Waals surface area contributed by atoms with Crippen LogP contribution in [-0.4, -0.2) is 7.11 Å². The summed E-state index contributed by atoms with van der Waals surface area (Å²) in [6.45, 7) is 0.795. The maximum absolute atomic E-state index is 6.05. The first-order valence-electron chi connectivity index (χ1n) is 6.93. The van der Waals surface area contributed by atoms with Crippen LogP contribution in [0.4, 0.5) is 5.69 Å². The van der Waals surface area contributed by atoms with E-state index in [1.807, 2.05) is 18.2 Å². The van der Waals surface area contributed by atoms with Gasteiger partial charge in [0, 0.05) is 11.6 Å². The third kappa shape index (κ3) is 2.91. The zero-order valence-corrected chi connectivity index (χ0v) is 12.3. The Morgan fingerprint density at radius 3 is 2.75 bits per heavy atom. The summed E-state index contributed by atoms with van der Waals surface area (Å²) in [5.41, 5.74) is 3.77. The molecule has 1 aliphatic rings. The molecule has 20 heavy (non-hydrogen) atoms. The van der Waals surface area contributed by atoms with E-state index in [0.717, 1.165) is 23.9 Å². The summed E-state index contributed by atoms with van der Waals surface area (Å²) >= 11 is 6.05. The van der Waals surface area contributed by atoms with E-state index in [1.165, 1.54) is 24.0 Å². The summed E-state index contributed by atoms with van der Waals surface area (Å²) < 4.78 is 5.36. The molecule has 1 N–H and O–H groups in total. The van der Waals surface area contributed by atoms with Gasteiger partial charge < -0.3 is 10.1 Å². The Morgan fingerprint density at radius 2 is 2.00 bits per heavy atom. The van der Waals surface area contributed by atoms with Crippen LogP contribution in [0.2, 0.25) is 5.02 Å². The molecule has 3 rings (SSSR count). The lowest BCUT2D eigenvalue weighted by atomic mass is 10.0. The highest BCUT2D eigenvalue weighted by molar-refractivity contribution is 6.30. The van der Waals surface area contributed by atoms with Gasteiger partial charge in [-0.15, -0.1) is 0 Å². The predicted molar refractivity (Wildman–Crippen MR) is 83.7 cm³/mol. The molecule has 2 nitrogen and oxygen atoms in total. The van der Waals surface area contributed by atoms with Crippen LogP contribution in [0, 0.1) is 0 Å². The second-order valence-corrected chi connectivity index (χ2v) is 5.61. The van der Waals surface area contributed by atoms with Gasteiger partial charge in [0.25, 0.3) is 0 Å². The van der Waals surface area contributed by atoms with Crippen molar-refractivity contribution in [2.45, 2.75) is 25.3 Å². The van der Waals surface area contributed by atoms with E-state index in [4.69, 9.17) is 16.3 Å². The smallest absolute Gasteiger partial charge is 0.142 e. The van der Waals surface area contributed by atoms with Gasteiger partial charge in [0.15, 0.2) is 0 Å². The molecule has 1 fully saturated rings. The van der Waals surface area contributed by atoms with E-state index in [-0.39, 0.29) is 0 Å². The molecule has 0 unspecified atom stereocenters. The number of ether oxygens (including phenoxy) is 1. The molecule has 0 saturated heterocycles. The summed E-state index contributed by atoms with van der Waals surface area (Å²) in [5.74, 6) is 1.58. The molecular weight excluding hydrogens is 270 g/mol. The highest BCUT2D eigenvalue weighted by atomic mass is 35.5. The maximum Gasteiger partial charge on any atom is 0.142 e. The number of nitrogens with one attached hydrogen (secondary N) is 1. The van der Waals surface area contributed by atoms with Crippen molar-refractivity contribution in [3.05, 3.63) is 58.6 Å². The fourth-order valence-corrected chi connectivity index (χ4v) is 2.67. The minimum atomic E-state index is 0.712. The van der Waals surface area contributed by atoms with Gasteiger partial charge in [0.05, 0.1) is 12.8 Å². The lowest BCUT2D eigenvalue weighted by Gasteiger charge is -2.14. The molecule has 0 bridgehead atoms. The molecule has 2 aromatic carbocycles. The number of hydrogen-bond donors (Lipinski definition) is 1. The number of methoxy groups -OCH3 is 1. The van der Waals surface area contributed by atoms with Gasteiger partial charge in [-0.1, -0.05) is 35.9 Å². The van der Waals surface area contributed by atoms with E-state index >= 15 is 0 Å². The van der Waals surface area contributed by atoms with Gasteiger partial charge in [0.2, 0.25) is 0 Å². The average Bonchev–Trinajstić information content (AvgIpc) is 3.30. The summed E-state index contributed by atoms with van der Waals surface area (Å²) in [6.07, 6.45) is 2.63. The summed E-state index contributed by atoms with van der Waals surface area (Å²) in [6, 6.07) is 14.3. The molecule has 0 atom stereocenters. The Balaban J connectivity index is 1.78. The Kier molecular flexibility index (Phi) is 3.83. The zero-order valence-electron chi connectivity index (χ0n) is 11.5.